The molecule has 0 amide bonds. The summed E-state index contributed by atoms with van der Waals surface area (Å²) in [6, 6.07) is 4.41. The van der Waals surface area contributed by atoms with E-state index in [1.54, 1.807) is 6.07 Å². The van der Waals surface area contributed by atoms with Crippen LogP contribution < -0.4 is 4.74 Å². The van der Waals surface area contributed by atoms with E-state index in [2.05, 4.69) is 9.97 Å². The maximum absolute atomic E-state index is 13.2. The third-order valence-electron chi connectivity index (χ3n) is 2.51. The van der Waals surface area contributed by atoms with Gasteiger partial charge in [0.2, 0.25) is 5.88 Å². The summed E-state index contributed by atoms with van der Waals surface area (Å²) < 4.78 is 18.8. The highest BCUT2D eigenvalue weighted by Gasteiger charge is 2.14. The second-order valence-electron chi connectivity index (χ2n) is 4.87. The first-order valence-corrected chi connectivity index (χ1v) is 6.11. The molecule has 0 spiro atoms. The Morgan fingerprint density at radius 2 is 1.78 bits per heavy atom. The fraction of sp³-hybridized carbons (Fsp3) is 0.429. The summed E-state index contributed by atoms with van der Waals surface area (Å²) in [4.78, 5) is 8.89. The largest absolute Gasteiger partial charge is 0.474 e. The highest BCUT2D eigenvalue weighted by molar-refractivity contribution is 5.75. The molecule has 0 unspecified atom stereocenters. The molecule has 2 aromatic rings. The Bertz CT molecular complexity index is 567. The van der Waals surface area contributed by atoms with Gasteiger partial charge in [0.25, 0.3) is 0 Å². The topological polar surface area (TPSA) is 35.0 Å². The van der Waals surface area contributed by atoms with Crippen LogP contribution in [0.2, 0.25) is 0 Å². The molecule has 0 bridgehead atoms. The molecule has 1 aromatic heterocycles. The standard InChI is InChI=1S/C14H17FN2O/c1-8(2)13-14(18-9(3)4)17-12-7-10(15)5-6-11(12)16-13/h5-9H,1-4H3. The van der Waals surface area contributed by atoms with Crippen molar-refractivity contribution < 1.29 is 9.13 Å². The molecule has 0 saturated heterocycles. The first kappa shape index (κ1) is 12.7. The highest BCUT2D eigenvalue weighted by atomic mass is 19.1. The number of aromatic nitrogens is 2. The zero-order valence-electron chi connectivity index (χ0n) is 11.1. The van der Waals surface area contributed by atoms with Crippen molar-refractivity contribution in [2.24, 2.45) is 0 Å². The van der Waals surface area contributed by atoms with Gasteiger partial charge >= 0.3 is 0 Å². The molecule has 3 nitrogen and oxygen atoms in total. The quantitative estimate of drug-likeness (QED) is 0.831. The van der Waals surface area contributed by atoms with Crippen LogP contribution in [0.1, 0.15) is 39.3 Å². The van der Waals surface area contributed by atoms with Gasteiger partial charge in [-0.25, -0.2) is 14.4 Å². The Balaban J connectivity index is 2.61. The molecule has 0 aliphatic rings. The van der Waals surface area contributed by atoms with Crippen LogP contribution >= 0.6 is 0 Å². The van der Waals surface area contributed by atoms with Crippen LogP contribution in [0.4, 0.5) is 4.39 Å². The maximum Gasteiger partial charge on any atom is 0.236 e. The van der Waals surface area contributed by atoms with Crippen molar-refractivity contribution in [3.63, 3.8) is 0 Å². The minimum atomic E-state index is -0.315. The molecule has 0 atom stereocenters. The van der Waals surface area contributed by atoms with Crippen LogP contribution in [0.5, 0.6) is 5.88 Å². The zero-order chi connectivity index (χ0) is 13.3. The van der Waals surface area contributed by atoms with Gasteiger partial charge in [0.05, 0.1) is 17.1 Å². The van der Waals surface area contributed by atoms with E-state index < -0.39 is 0 Å². The molecule has 18 heavy (non-hydrogen) atoms. The summed E-state index contributed by atoms with van der Waals surface area (Å²) in [5.41, 5.74) is 2.02. The molecule has 96 valence electrons. The van der Waals surface area contributed by atoms with Gasteiger partial charge in [0.15, 0.2) is 0 Å². The van der Waals surface area contributed by atoms with Crippen molar-refractivity contribution in [2.45, 2.75) is 39.7 Å². The van der Waals surface area contributed by atoms with E-state index >= 15 is 0 Å². The predicted molar refractivity (Wildman–Crippen MR) is 69.3 cm³/mol. The van der Waals surface area contributed by atoms with Crippen LogP contribution in [0.25, 0.3) is 11.0 Å². The van der Waals surface area contributed by atoms with Gasteiger partial charge in [-0.2, -0.15) is 0 Å². The fourth-order valence-electron chi connectivity index (χ4n) is 1.71. The molecule has 0 aliphatic carbocycles. The Labute approximate surface area is 106 Å². The molecule has 0 N–H and O–H groups in total. The lowest BCUT2D eigenvalue weighted by molar-refractivity contribution is 0.228. The highest BCUT2D eigenvalue weighted by Crippen LogP contribution is 2.26. The first-order valence-electron chi connectivity index (χ1n) is 6.11. The molecule has 0 fully saturated rings. The lowest BCUT2D eigenvalue weighted by Gasteiger charge is -2.15. The van der Waals surface area contributed by atoms with Crippen molar-refractivity contribution in [1.29, 1.82) is 0 Å². The minimum Gasteiger partial charge on any atom is -0.474 e. The van der Waals surface area contributed by atoms with Crippen LogP contribution in [0.3, 0.4) is 0 Å². The van der Waals surface area contributed by atoms with E-state index in [-0.39, 0.29) is 17.8 Å². The second-order valence-corrected chi connectivity index (χ2v) is 4.87. The van der Waals surface area contributed by atoms with Gasteiger partial charge in [0.1, 0.15) is 11.5 Å². The normalized spacial score (nSPS) is 11.5. The Kier molecular flexibility index (Phi) is 3.45. The molecule has 0 aliphatic heterocycles. The third kappa shape index (κ3) is 2.58. The second kappa shape index (κ2) is 4.88. The van der Waals surface area contributed by atoms with E-state index in [1.165, 1.54) is 12.1 Å². The number of hydrogen-bond donors (Lipinski definition) is 0. The van der Waals surface area contributed by atoms with E-state index in [0.717, 1.165) is 5.69 Å². The molecular weight excluding hydrogens is 231 g/mol. The fourth-order valence-corrected chi connectivity index (χ4v) is 1.71. The number of hydrogen-bond acceptors (Lipinski definition) is 3. The zero-order valence-corrected chi connectivity index (χ0v) is 11.1. The molecule has 0 saturated carbocycles. The number of ether oxygens (including phenoxy) is 1. The number of fused-ring (bicyclic) bond motifs is 1. The average molecular weight is 248 g/mol. The molecular formula is C14H17FN2O. The summed E-state index contributed by atoms with van der Waals surface area (Å²) in [6.45, 7) is 7.93. The van der Waals surface area contributed by atoms with Crippen LogP contribution in [-0.2, 0) is 0 Å². The van der Waals surface area contributed by atoms with E-state index in [9.17, 15) is 4.39 Å². The van der Waals surface area contributed by atoms with Gasteiger partial charge < -0.3 is 4.74 Å². The summed E-state index contributed by atoms with van der Waals surface area (Å²) in [5, 5.41) is 0. The number of halogens is 1. The van der Waals surface area contributed by atoms with Gasteiger partial charge in [0, 0.05) is 12.0 Å². The van der Waals surface area contributed by atoms with Gasteiger partial charge in [-0.15, -0.1) is 0 Å². The van der Waals surface area contributed by atoms with Gasteiger partial charge in [-0.05, 0) is 26.0 Å². The van der Waals surface area contributed by atoms with Crippen molar-refractivity contribution in [3.05, 3.63) is 29.7 Å². The van der Waals surface area contributed by atoms with Crippen LogP contribution in [0, 0.1) is 5.82 Å². The smallest absolute Gasteiger partial charge is 0.236 e. The first-order chi connectivity index (χ1) is 8.47. The van der Waals surface area contributed by atoms with E-state index in [1.807, 2.05) is 27.7 Å². The number of nitrogens with zero attached hydrogens (tertiary/aromatic N) is 2. The lowest BCUT2D eigenvalue weighted by atomic mass is 10.1. The van der Waals surface area contributed by atoms with E-state index in [0.29, 0.717) is 16.9 Å². The van der Waals surface area contributed by atoms with E-state index in [4.69, 9.17) is 4.74 Å². The minimum absolute atomic E-state index is 0.0165. The summed E-state index contributed by atoms with van der Waals surface area (Å²) in [5.74, 6) is 0.392. The molecule has 1 aromatic carbocycles. The molecule has 4 heteroatoms. The van der Waals surface area contributed by atoms with Crippen molar-refractivity contribution >= 4 is 11.0 Å². The van der Waals surface area contributed by atoms with Crippen molar-refractivity contribution in [1.82, 2.24) is 9.97 Å². The average Bonchev–Trinajstić information content (AvgIpc) is 2.26. The molecule has 2 rings (SSSR count). The third-order valence-corrected chi connectivity index (χ3v) is 2.51. The van der Waals surface area contributed by atoms with Crippen molar-refractivity contribution in [2.75, 3.05) is 0 Å². The van der Waals surface area contributed by atoms with Gasteiger partial charge in [-0.1, -0.05) is 13.8 Å². The van der Waals surface area contributed by atoms with Crippen LogP contribution in [-0.4, -0.2) is 16.1 Å². The van der Waals surface area contributed by atoms with Crippen LogP contribution in [0.15, 0.2) is 18.2 Å². The number of benzene rings is 1. The molecule has 0 radical (unpaired) electrons. The maximum atomic E-state index is 13.2. The number of rotatable bonds is 3. The lowest BCUT2D eigenvalue weighted by Crippen LogP contribution is -2.11. The predicted octanol–water partition coefficient (Wildman–Crippen LogP) is 3.68. The molecule has 1 heterocycles. The Morgan fingerprint density at radius 1 is 1.06 bits per heavy atom. The van der Waals surface area contributed by atoms with Gasteiger partial charge in [-0.3, -0.25) is 0 Å². The monoisotopic (exact) mass is 248 g/mol. The summed E-state index contributed by atoms with van der Waals surface area (Å²) >= 11 is 0. The SMILES string of the molecule is CC(C)Oc1nc2cc(F)ccc2nc1C(C)C. The Hall–Kier alpha value is -1.71. The summed E-state index contributed by atoms with van der Waals surface area (Å²) in [7, 11) is 0. The Morgan fingerprint density at radius 3 is 2.39 bits per heavy atom. The summed E-state index contributed by atoms with van der Waals surface area (Å²) in [6.07, 6.45) is 0.0165. The van der Waals surface area contributed by atoms with Crippen molar-refractivity contribution in [3.8, 4) is 5.88 Å².